The quantitative estimate of drug-likeness (QED) is 0.896. The molecule has 6 heteroatoms. The van der Waals surface area contributed by atoms with E-state index in [-0.39, 0.29) is 12.4 Å². The molecular weight excluding hydrogens is 243 g/mol. The molecule has 0 aliphatic heterocycles. The third kappa shape index (κ3) is 2.64. The Morgan fingerprint density at radius 1 is 1.28 bits per heavy atom. The van der Waals surface area contributed by atoms with Crippen molar-refractivity contribution in [3.05, 3.63) is 47.2 Å². The minimum Gasteiger partial charge on any atom is -0.382 e. The number of nitrogens with two attached hydrogens (primary N) is 1. The van der Waals surface area contributed by atoms with Gasteiger partial charge < -0.3 is 5.73 Å². The summed E-state index contributed by atoms with van der Waals surface area (Å²) in [6.07, 6.45) is -4.45. The highest BCUT2D eigenvalue weighted by Crippen LogP contribution is 2.30. The van der Waals surface area contributed by atoms with E-state index in [1.165, 1.54) is 0 Å². The molecule has 0 bridgehead atoms. The van der Waals surface area contributed by atoms with Crippen molar-refractivity contribution in [2.24, 2.45) is 0 Å². The van der Waals surface area contributed by atoms with Crippen LogP contribution >= 0.6 is 0 Å². The summed E-state index contributed by atoms with van der Waals surface area (Å²) in [7, 11) is 0. The number of halogens is 3. The second-order valence-electron chi connectivity index (χ2n) is 4.10. The number of nitrogens with zero attached hydrogens (tertiary/aromatic N) is 2. The molecular formula is C12H12F3N3. The highest BCUT2D eigenvalue weighted by atomic mass is 19.4. The Hall–Kier alpha value is -1.98. The van der Waals surface area contributed by atoms with Gasteiger partial charge in [0.25, 0.3) is 0 Å². The molecule has 2 rings (SSSR count). The Morgan fingerprint density at radius 3 is 2.61 bits per heavy atom. The van der Waals surface area contributed by atoms with Crippen molar-refractivity contribution < 1.29 is 13.2 Å². The summed E-state index contributed by atoms with van der Waals surface area (Å²) < 4.78 is 39.1. The van der Waals surface area contributed by atoms with E-state index < -0.39 is 11.9 Å². The average molecular weight is 255 g/mol. The normalized spacial score (nSPS) is 11.8. The highest BCUT2D eigenvalue weighted by molar-refractivity contribution is 5.32. The standard InChI is InChI=1S/C12H12F3N3/c1-8-3-2-4-9(5-8)7-18-10(12(13,14)15)6-11(16)17-18/h2-6H,7H2,1H3,(H2,16,17). The summed E-state index contributed by atoms with van der Waals surface area (Å²) in [5, 5.41) is 3.68. The summed E-state index contributed by atoms with van der Waals surface area (Å²) in [4.78, 5) is 0. The van der Waals surface area contributed by atoms with Gasteiger partial charge in [-0.2, -0.15) is 18.3 Å². The Bertz CT molecular complexity index is 558. The lowest BCUT2D eigenvalue weighted by Gasteiger charge is -2.10. The topological polar surface area (TPSA) is 43.8 Å². The van der Waals surface area contributed by atoms with E-state index in [0.717, 1.165) is 21.9 Å². The van der Waals surface area contributed by atoms with Crippen molar-refractivity contribution in [1.82, 2.24) is 9.78 Å². The molecule has 0 radical (unpaired) electrons. The van der Waals surface area contributed by atoms with Crippen molar-refractivity contribution in [1.29, 1.82) is 0 Å². The van der Waals surface area contributed by atoms with Crippen LogP contribution < -0.4 is 5.73 Å². The van der Waals surface area contributed by atoms with Crippen LogP contribution in [0, 0.1) is 6.92 Å². The molecule has 0 spiro atoms. The molecule has 1 heterocycles. The predicted molar refractivity (Wildman–Crippen MR) is 61.9 cm³/mol. The van der Waals surface area contributed by atoms with Crippen molar-refractivity contribution in [2.45, 2.75) is 19.6 Å². The first kappa shape index (κ1) is 12.5. The van der Waals surface area contributed by atoms with E-state index >= 15 is 0 Å². The zero-order valence-corrected chi connectivity index (χ0v) is 9.70. The van der Waals surface area contributed by atoms with Crippen molar-refractivity contribution in [3.8, 4) is 0 Å². The smallest absolute Gasteiger partial charge is 0.382 e. The molecule has 1 aromatic heterocycles. The first-order chi connectivity index (χ1) is 8.36. The lowest BCUT2D eigenvalue weighted by Crippen LogP contribution is -2.15. The minimum atomic E-state index is -4.45. The first-order valence-electron chi connectivity index (χ1n) is 5.32. The van der Waals surface area contributed by atoms with Crippen LogP contribution in [0.2, 0.25) is 0 Å². The van der Waals surface area contributed by atoms with Gasteiger partial charge >= 0.3 is 6.18 Å². The molecule has 18 heavy (non-hydrogen) atoms. The maximum atomic E-state index is 12.7. The molecule has 1 aromatic carbocycles. The molecule has 96 valence electrons. The van der Waals surface area contributed by atoms with E-state index in [1.54, 1.807) is 12.1 Å². The SMILES string of the molecule is Cc1cccc(Cn2nc(N)cc2C(F)(F)F)c1. The monoisotopic (exact) mass is 255 g/mol. The number of hydrogen-bond donors (Lipinski definition) is 1. The fourth-order valence-corrected chi connectivity index (χ4v) is 1.77. The number of anilines is 1. The highest BCUT2D eigenvalue weighted by Gasteiger charge is 2.35. The number of aryl methyl sites for hydroxylation is 1. The lowest BCUT2D eigenvalue weighted by molar-refractivity contribution is -0.144. The molecule has 3 nitrogen and oxygen atoms in total. The fourth-order valence-electron chi connectivity index (χ4n) is 1.77. The largest absolute Gasteiger partial charge is 0.433 e. The molecule has 0 atom stereocenters. The third-order valence-corrected chi connectivity index (χ3v) is 2.50. The van der Waals surface area contributed by atoms with Gasteiger partial charge in [0.1, 0.15) is 11.5 Å². The number of nitrogen functional groups attached to an aromatic ring is 1. The Labute approximate surface area is 102 Å². The molecule has 0 saturated heterocycles. The Balaban J connectivity index is 2.35. The van der Waals surface area contributed by atoms with Gasteiger partial charge in [-0.05, 0) is 12.5 Å². The Morgan fingerprint density at radius 2 is 2.00 bits per heavy atom. The summed E-state index contributed by atoms with van der Waals surface area (Å²) in [6.45, 7) is 1.93. The number of aromatic nitrogens is 2. The second kappa shape index (κ2) is 4.36. The number of hydrogen-bond acceptors (Lipinski definition) is 2. The second-order valence-corrected chi connectivity index (χ2v) is 4.10. The zero-order chi connectivity index (χ0) is 13.3. The van der Waals surface area contributed by atoms with E-state index in [2.05, 4.69) is 5.10 Å². The van der Waals surface area contributed by atoms with Crippen LogP contribution in [0.5, 0.6) is 0 Å². The van der Waals surface area contributed by atoms with E-state index in [1.807, 2.05) is 19.1 Å². The molecule has 0 saturated carbocycles. The van der Waals surface area contributed by atoms with Crippen LogP contribution in [-0.4, -0.2) is 9.78 Å². The van der Waals surface area contributed by atoms with Crippen LogP contribution in [0.15, 0.2) is 30.3 Å². The predicted octanol–water partition coefficient (Wildman–Crippen LogP) is 2.84. The van der Waals surface area contributed by atoms with Gasteiger partial charge in [0.2, 0.25) is 0 Å². The number of alkyl halides is 3. The third-order valence-electron chi connectivity index (χ3n) is 2.50. The van der Waals surface area contributed by atoms with Crippen LogP contribution in [-0.2, 0) is 12.7 Å². The van der Waals surface area contributed by atoms with Crippen LogP contribution in [0.25, 0.3) is 0 Å². The van der Waals surface area contributed by atoms with Gasteiger partial charge in [0.05, 0.1) is 6.54 Å². The minimum absolute atomic E-state index is 0.0493. The van der Waals surface area contributed by atoms with Gasteiger partial charge in [-0.15, -0.1) is 0 Å². The van der Waals surface area contributed by atoms with E-state index in [4.69, 9.17) is 5.73 Å². The van der Waals surface area contributed by atoms with Crippen LogP contribution in [0.4, 0.5) is 19.0 Å². The molecule has 0 aliphatic carbocycles. The molecule has 0 amide bonds. The van der Waals surface area contributed by atoms with Gasteiger partial charge in [0.15, 0.2) is 0 Å². The van der Waals surface area contributed by atoms with Crippen LogP contribution in [0.3, 0.4) is 0 Å². The number of benzene rings is 1. The fraction of sp³-hybridized carbons (Fsp3) is 0.250. The molecule has 0 fully saturated rings. The van der Waals surface area contributed by atoms with Crippen LogP contribution in [0.1, 0.15) is 16.8 Å². The first-order valence-corrected chi connectivity index (χ1v) is 5.32. The Kier molecular flexibility index (Phi) is 3.02. The van der Waals surface area contributed by atoms with Gasteiger partial charge in [-0.3, -0.25) is 4.68 Å². The van der Waals surface area contributed by atoms with E-state index in [9.17, 15) is 13.2 Å². The summed E-state index contributed by atoms with van der Waals surface area (Å²) in [6, 6.07) is 8.09. The summed E-state index contributed by atoms with van der Waals surface area (Å²) in [5.41, 5.74) is 6.24. The van der Waals surface area contributed by atoms with Crippen molar-refractivity contribution >= 4 is 5.82 Å². The maximum Gasteiger partial charge on any atom is 0.433 e. The summed E-state index contributed by atoms with van der Waals surface area (Å²) in [5.74, 6) is -0.130. The summed E-state index contributed by atoms with van der Waals surface area (Å²) >= 11 is 0. The average Bonchev–Trinajstić information content (AvgIpc) is 2.59. The molecule has 0 unspecified atom stereocenters. The molecule has 2 aromatic rings. The molecule has 0 aliphatic rings. The van der Waals surface area contributed by atoms with Crippen molar-refractivity contribution in [2.75, 3.05) is 5.73 Å². The number of rotatable bonds is 2. The van der Waals surface area contributed by atoms with Gasteiger partial charge in [-0.25, -0.2) is 0 Å². The van der Waals surface area contributed by atoms with E-state index in [0.29, 0.717) is 0 Å². The van der Waals surface area contributed by atoms with Gasteiger partial charge in [0, 0.05) is 6.07 Å². The van der Waals surface area contributed by atoms with Gasteiger partial charge in [-0.1, -0.05) is 29.8 Å². The molecule has 2 N–H and O–H groups in total. The maximum absolute atomic E-state index is 12.7. The van der Waals surface area contributed by atoms with Crippen molar-refractivity contribution in [3.63, 3.8) is 0 Å². The lowest BCUT2D eigenvalue weighted by atomic mass is 10.1. The zero-order valence-electron chi connectivity index (χ0n) is 9.70.